The summed E-state index contributed by atoms with van der Waals surface area (Å²) in [4.78, 5) is 29.7. The second-order valence-corrected chi connectivity index (χ2v) is 8.43. The molecule has 1 aromatic heterocycles. The number of pyridine rings is 1. The molecule has 0 saturated heterocycles. The Morgan fingerprint density at radius 3 is 2.06 bits per heavy atom. The average molecular weight is 477 g/mol. The highest BCUT2D eigenvalue weighted by atomic mass is 16.5. The maximum atomic E-state index is 13.0. The Hall–Kier alpha value is -3.87. The van der Waals surface area contributed by atoms with Crippen LogP contribution in [0.1, 0.15) is 41.9 Å². The van der Waals surface area contributed by atoms with E-state index in [4.69, 9.17) is 9.47 Å². The number of carbonyl (C=O) groups is 2. The molecule has 0 fully saturated rings. The third-order valence-electron chi connectivity index (χ3n) is 5.97. The smallest absolute Gasteiger partial charge is 0.328 e. The molecule has 184 valence electrons. The van der Waals surface area contributed by atoms with Crippen LogP contribution in [0.25, 0.3) is 0 Å². The molecular formula is C28H32N2O5. The highest BCUT2D eigenvalue weighted by molar-refractivity contribution is 5.97. The van der Waals surface area contributed by atoms with Crippen LogP contribution in [-0.4, -0.2) is 41.2 Å². The molecule has 0 aliphatic carbocycles. The Morgan fingerprint density at radius 1 is 0.971 bits per heavy atom. The van der Waals surface area contributed by atoms with Crippen molar-refractivity contribution < 1.29 is 24.2 Å². The van der Waals surface area contributed by atoms with Crippen LogP contribution in [0.2, 0.25) is 0 Å². The van der Waals surface area contributed by atoms with Crippen molar-refractivity contribution in [1.82, 2.24) is 10.3 Å². The SMILES string of the molecule is CC[C@H](NC(=O)c1nccc(OC)c1O)C(=O)OC(C)C(Cc1ccccc1)Cc1ccccc1. The average Bonchev–Trinajstić information content (AvgIpc) is 2.88. The lowest BCUT2D eigenvalue weighted by Crippen LogP contribution is -2.43. The lowest BCUT2D eigenvalue weighted by molar-refractivity contribution is -0.153. The quantitative estimate of drug-likeness (QED) is 0.400. The van der Waals surface area contributed by atoms with Crippen LogP contribution in [0.4, 0.5) is 0 Å². The van der Waals surface area contributed by atoms with Crippen LogP contribution >= 0.6 is 0 Å². The lowest BCUT2D eigenvalue weighted by atomic mass is 9.88. The van der Waals surface area contributed by atoms with Gasteiger partial charge >= 0.3 is 5.97 Å². The van der Waals surface area contributed by atoms with E-state index in [0.29, 0.717) is 6.42 Å². The molecule has 1 heterocycles. The van der Waals surface area contributed by atoms with E-state index < -0.39 is 24.0 Å². The molecule has 7 heteroatoms. The highest BCUT2D eigenvalue weighted by Crippen LogP contribution is 2.27. The minimum Gasteiger partial charge on any atom is -0.503 e. The molecule has 0 bridgehead atoms. The van der Waals surface area contributed by atoms with Gasteiger partial charge in [0.05, 0.1) is 7.11 Å². The Morgan fingerprint density at radius 2 is 1.54 bits per heavy atom. The predicted molar refractivity (Wildman–Crippen MR) is 133 cm³/mol. The zero-order valence-electron chi connectivity index (χ0n) is 20.3. The van der Waals surface area contributed by atoms with E-state index in [-0.39, 0.29) is 23.1 Å². The zero-order chi connectivity index (χ0) is 25.2. The van der Waals surface area contributed by atoms with Gasteiger partial charge in [-0.1, -0.05) is 67.6 Å². The standard InChI is InChI=1S/C28H32N2O5/c1-4-23(30-27(32)25-26(31)24(34-3)15-16-29-25)28(33)35-19(2)22(17-20-11-7-5-8-12-20)18-21-13-9-6-10-14-21/h5-16,19,22-23,31H,4,17-18H2,1-3H3,(H,30,32)/t19?,23-/m0/s1. The van der Waals surface area contributed by atoms with E-state index in [1.165, 1.54) is 19.4 Å². The molecule has 0 aliphatic rings. The molecular weight excluding hydrogens is 444 g/mol. The fraction of sp³-hybridized carbons (Fsp3) is 0.321. The first-order chi connectivity index (χ1) is 16.9. The predicted octanol–water partition coefficient (Wildman–Crippen LogP) is 4.34. The summed E-state index contributed by atoms with van der Waals surface area (Å²) in [6.45, 7) is 3.67. The number of hydrogen-bond acceptors (Lipinski definition) is 6. The van der Waals surface area contributed by atoms with E-state index in [0.717, 1.165) is 24.0 Å². The number of nitrogens with one attached hydrogen (secondary N) is 1. The number of carbonyl (C=O) groups excluding carboxylic acids is 2. The van der Waals surface area contributed by atoms with Crippen LogP contribution in [0.15, 0.2) is 72.9 Å². The summed E-state index contributed by atoms with van der Waals surface area (Å²) >= 11 is 0. The van der Waals surface area contributed by atoms with Gasteiger partial charge in [-0.3, -0.25) is 4.79 Å². The Bertz CT molecular complexity index is 1060. The monoisotopic (exact) mass is 476 g/mol. The summed E-state index contributed by atoms with van der Waals surface area (Å²) in [6, 6.07) is 20.8. The van der Waals surface area contributed by atoms with Crippen LogP contribution in [0.5, 0.6) is 11.5 Å². The van der Waals surface area contributed by atoms with Gasteiger partial charge in [-0.15, -0.1) is 0 Å². The van der Waals surface area contributed by atoms with E-state index in [1.54, 1.807) is 6.92 Å². The topological polar surface area (TPSA) is 97.8 Å². The van der Waals surface area contributed by atoms with Gasteiger partial charge in [0.2, 0.25) is 0 Å². The minimum atomic E-state index is -0.883. The molecule has 1 amide bonds. The number of benzene rings is 2. The molecule has 2 atom stereocenters. The molecule has 3 aromatic rings. The van der Waals surface area contributed by atoms with Gasteiger partial charge in [-0.25, -0.2) is 9.78 Å². The van der Waals surface area contributed by atoms with Crippen LogP contribution in [-0.2, 0) is 22.4 Å². The second-order valence-electron chi connectivity index (χ2n) is 8.43. The first-order valence-corrected chi connectivity index (χ1v) is 11.7. The molecule has 0 spiro atoms. The lowest BCUT2D eigenvalue weighted by Gasteiger charge is -2.26. The number of ether oxygens (including phenoxy) is 2. The van der Waals surface area contributed by atoms with Crippen molar-refractivity contribution in [3.05, 3.63) is 89.7 Å². The third kappa shape index (κ3) is 7.06. The summed E-state index contributed by atoms with van der Waals surface area (Å²) in [5.74, 6) is -1.42. The Labute approximate surface area is 206 Å². The highest BCUT2D eigenvalue weighted by Gasteiger charge is 2.28. The number of rotatable bonds is 11. The molecule has 0 radical (unpaired) electrons. The van der Waals surface area contributed by atoms with Crippen molar-refractivity contribution in [3.63, 3.8) is 0 Å². The van der Waals surface area contributed by atoms with E-state index in [2.05, 4.69) is 34.6 Å². The zero-order valence-corrected chi connectivity index (χ0v) is 20.3. The number of methoxy groups -OCH3 is 1. The van der Waals surface area contributed by atoms with E-state index >= 15 is 0 Å². The summed E-state index contributed by atoms with van der Waals surface area (Å²) in [5.41, 5.74) is 2.11. The maximum Gasteiger partial charge on any atom is 0.328 e. The summed E-state index contributed by atoms with van der Waals surface area (Å²) < 4.78 is 10.9. The van der Waals surface area contributed by atoms with Crippen molar-refractivity contribution in [2.45, 2.75) is 45.3 Å². The van der Waals surface area contributed by atoms with Gasteiger partial charge < -0.3 is 19.9 Å². The van der Waals surface area contributed by atoms with Crippen molar-refractivity contribution in [2.24, 2.45) is 5.92 Å². The van der Waals surface area contributed by atoms with Gasteiger partial charge in [-0.2, -0.15) is 0 Å². The number of aromatic hydroxyl groups is 1. The third-order valence-corrected chi connectivity index (χ3v) is 5.97. The van der Waals surface area contributed by atoms with Gasteiger partial charge in [0.15, 0.2) is 17.2 Å². The van der Waals surface area contributed by atoms with Crippen LogP contribution in [0.3, 0.4) is 0 Å². The van der Waals surface area contributed by atoms with Crippen LogP contribution < -0.4 is 10.1 Å². The summed E-state index contributed by atoms with van der Waals surface area (Å²) in [5, 5.41) is 12.8. The molecule has 0 aliphatic heterocycles. The normalized spacial score (nSPS) is 12.6. The van der Waals surface area contributed by atoms with Gasteiger partial charge in [0.1, 0.15) is 12.1 Å². The number of nitrogens with zero attached hydrogens (tertiary/aromatic N) is 1. The van der Waals surface area contributed by atoms with Crippen molar-refractivity contribution in [2.75, 3.05) is 7.11 Å². The van der Waals surface area contributed by atoms with Crippen molar-refractivity contribution >= 4 is 11.9 Å². The molecule has 3 rings (SSSR count). The molecule has 2 N–H and O–H groups in total. The van der Waals surface area contributed by atoms with E-state index in [9.17, 15) is 14.7 Å². The largest absolute Gasteiger partial charge is 0.503 e. The molecule has 7 nitrogen and oxygen atoms in total. The first kappa shape index (κ1) is 25.7. The Kier molecular flexibility index (Phi) is 9.23. The number of hydrogen-bond donors (Lipinski definition) is 2. The molecule has 35 heavy (non-hydrogen) atoms. The fourth-order valence-electron chi connectivity index (χ4n) is 3.92. The van der Waals surface area contributed by atoms with Gasteiger partial charge in [0, 0.05) is 18.2 Å². The van der Waals surface area contributed by atoms with E-state index in [1.807, 2.05) is 43.3 Å². The number of amides is 1. The van der Waals surface area contributed by atoms with Gasteiger partial charge in [-0.05, 0) is 37.3 Å². The number of esters is 1. The summed E-state index contributed by atoms with van der Waals surface area (Å²) in [6.07, 6.45) is 2.78. The minimum absolute atomic E-state index is 0.0426. The Balaban J connectivity index is 1.70. The molecule has 0 saturated carbocycles. The fourth-order valence-corrected chi connectivity index (χ4v) is 3.92. The first-order valence-electron chi connectivity index (χ1n) is 11.7. The molecule has 1 unspecified atom stereocenters. The van der Waals surface area contributed by atoms with Crippen molar-refractivity contribution in [3.8, 4) is 11.5 Å². The summed E-state index contributed by atoms with van der Waals surface area (Å²) in [7, 11) is 1.38. The molecule has 2 aromatic carbocycles. The second kappa shape index (κ2) is 12.6. The van der Waals surface area contributed by atoms with Crippen molar-refractivity contribution in [1.29, 1.82) is 0 Å². The van der Waals surface area contributed by atoms with Crippen LogP contribution in [0, 0.1) is 5.92 Å². The maximum absolute atomic E-state index is 13.0. The van der Waals surface area contributed by atoms with Gasteiger partial charge in [0.25, 0.3) is 5.91 Å². The number of aromatic nitrogens is 1.